The molecule has 102 valence electrons. The molecule has 1 aromatic carbocycles. The van der Waals surface area contributed by atoms with Crippen molar-refractivity contribution in [3.8, 4) is 0 Å². The summed E-state index contributed by atoms with van der Waals surface area (Å²) >= 11 is 0. The molecule has 0 bridgehead atoms. The average Bonchev–Trinajstić information content (AvgIpc) is 2.48. The van der Waals surface area contributed by atoms with E-state index in [2.05, 4.69) is 10.3 Å². The number of nitrogens with one attached hydrogen (secondary N) is 1. The molecule has 1 amide bonds. The standard InChI is InChI=1S/C16H15FN2O/c17-15-4-1-13(2-5-15)3-6-16(20)19-12-9-14-7-10-18-11-8-14/h1-8,10-11H,9,12H2,(H,19,20)/b6-3+. The van der Waals surface area contributed by atoms with Gasteiger partial charge in [0.2, 0.25) is 5.91 Å². The third-order valence-corrected chi connectivity index (χ3v) is 2.76. The maximum atomic E-state index is 12.7. The Morgan fingerprint density at radius 3 is 2.55 bits per heavy atom. The van der Waals surface area contributed by atoms with E-state index in [4.69, 9.17) is 0 Å². The van der Waals surface area contributed by atoms with Gasteiger partial charge in [-0.2, -0.15) is 0 Å². The molecular weight excluding hydrogens is 255 g/mol. The van der Waals surface area contributed by atoms with E-state index < -0.39 is 0 Å². The number of amides is 1. The van der Waals surface area contributed by atoms with Crippen LogP contribution in [0.5, 0.6) is 0 Å². The number of hydrogen-bond donors (Lipinski definition) is 1. The Labute approximate surface area is 117 Å². The summed E-state index contributed by atoms with van der Waals surface area (Å²) in [6, 6.07) is 9.80. The summed E-state index contributed by atoms with van der Waals surface area (Å²) in [5, 5.41) is 2.79. The molecule has 0 aliphatic rings. The lowest BCUT2D eigenvalue weighted by molar-refractivity contribution is -0.116. The minimum absolute atomic E-state index is 0.164. The molecule has 1 aromatic heterocycles. The maximum absolute atomic E-state index is 12.7. The van der Waals surface area contributed by atoms with Crippen LogP contribution in [0.25, 0.3) is 6.08 Å². The third kappa shape index (κ3) is 4.65. The first-order chi connectivity index (χ1) is 9.74. The highest BCUT2D eigenvalue weighted by Gasteiger charge is 1.96. The minimum atomic E-state index is -0.288. The first kappa shape index (κ1) is 13.9. The van der Waals surface area contributed by atoms with Crippen LogP contribution in [0.3, 0.4) is 0 Å². The average molecular weight is 270 g/mol. The van der Waals surface area contributed by atoms with Gasteiger partial charge in [-0.25, -0.2) is 4.39 Å². The number of pyridine rings is 1. The fraction of sp³-hybridized carbons (Fsp3) is 0.125. The van der Waals surface area contributed by atoms with E-state index in [9.17, 15) is 9.18 Å². The van der Waals surface area contributed by atoms with Crippen molar-refractivity contribution in [1.82, 2.24) is 10.3 Å². The largest absolute Gasteiger partial charge is 0.352 e. The molecule has 3 nitrogen and oxygen atoms in total. The second-order valence-corrected chi connectivity index (χ2v) is 4.28. The summed E-state index contributed by atoms with van der Waals surface area (Å²) in [7, 11) is 0. The van der Waals surface area contributed by atoms with Crippen LogP contribution < -0.4 is 5.32 Å². The highest BCUT2D eigenvalue weighted by atomic mass is 19.1. The summed E-state index contributed by atoms with van der Waals surface area (Å²) in [4.78, 5) is 15.5. The van der Waals surface area contributed by atoms with Crippen molar-refractivity contribution < 1.29 is 9.18 Å². The van der Waals surface area contributed by atoms with Crippen LogP contribution in [0.15, 0.2) is 54.9 Å². The van der Waals surface area contributed by atoms with Gasteiger partial charge < -0.3 is 5.32 Å². The summed E-state index contributed by atoms with van der Waals surface area (Å²) in [5.74, 6) is -0.452. The lowest BCUT2D eigenvalue weighted by Gasteiger charge is -2.02. The van der Waals surface area contributed by atoms with Crippen LogP contribution in [0.2, 0.25) is 0 Å². The highest BCUT2D eigenvalue weighted by molar-refractivity contribution is 5.91. The molecule has 0 aliphatic carbocycles. The number of hydrogen-bond acceptors (Lipinski definition) is 2. The minimum Gasteiger partial charge on any atom is -0.352 e. The molecule has 2 aromatic rings. The highest BCUT2D eigenvalue weighted by Crippen LogP contribution is 2.04. The molecule has 0 saturated heterocycles. The van der Waals surface area contributed by atoms with Gasteiger partial charge in [0.1, 0.15) is 5.82 Å². The number of carbonyl (C=O) groups is 1. The van der Waals surface area contributed by atoms with Crippen LogP contribution in [-0.4, -0.2) is 17.4 Å². The molecule has 20 heavy (non-hydrogen) atoms. The first-order valence-corrected chi connectivity index (χ1v) is 6.34. The Balaban J connectivity index is 1.76. The number of carbonyl (C=O) groups excluding carboxylic acids is 1. The van der Waals surface area contributed by atoms with Crippen LogP contribution in [-0.2, 0) is 11.2 Å². The van der Waals surface area contributed by atoms with Gasteiger partial charge in [0.25, 0.3) is 0 Å². The van der Waals surface area contributed by atoms with Crippen LogP contribution >= 0.6 is 0 Å². The number of nitrogens with zero attached hydrogens (tertiary/aromatic N) is 1. The topological polar surface area (TPSA) is 42.0 Å². The molecule has 0 aliphatic heterocycles. The zero-order valence-electron chi connectivity index (χ0n) is 10.9. The molecule has 0 unspecified atom stereocenters. The van der Waals surface area contributed by atoms with Crippen molar-refractivity contribution in [2.45, 2.75) is 6.42 Å². The molecule has 0 saturated carbocycles. The van der Waals surface area contributed by atoms with Crippen LogP contribution in [0.1, 0.15) is 11.1 Å². The van der Waals surface area contributed by atoms with E-state index in [1.165, 1.54) is 18.2 Å². The van der Waals surface area contributed by atoms with Crippen molar-refractivity contribution >= 4 is 12.0 Å². The quantitative estimate of drug-likeness (QED) is 0.848. The number of halogens is 1. The maximum Gasteiger partial charge on any atom is 0.244 e. The Morgan fingerprint density at radius 1 is 1.15 bits per heavy atom. The Kier molecular flexibility index (Phi) is 5.00. The molecule has 0 fully saturated rings. The molecule has 1 heterocycles. The number of rotatable bonds is 5. The third-order valence-electron chi connectivity index (χ3n) is 2.76. The van der Waals surface area contributed by atoms with E-state index >= 15 is 0 Å². The predicted octanol–water partition coefficient (Wildman–Crippen LogP) is 2.59. The zero-order chi connectivity index (χ0) is 14.2. The van der Waals surface area contributed by atoms with Gasteiger partial charge in [0, 0.05) is 25.0 Å². The molecule has 2 rings (SSSR count). The Hall–Kier alpha value is -2.49. The summed E-state index contributed by atoms with van der Waals surface area (Å²) in [6.07, 6.45) is 7.32. The molecule has 4 heteroatoms. The van der Waals surface area contributed by atoms with E-state index in [0.717, 1.165) is 17.5 Å². The smallest absolute Gasteiger partial charge is 0.244 e. The molecule has 0 radical (unpaired) electrons. The van der Waals surface area contributed by atoms with Gasteiger partial charge in [-0.05, 0) is 47.9 Å². The lowest BCUT2D eigenvalue weighted by Crippen LogP contribution is -2.23. The monoisotopic (exact) mass is 270 g/mol. The van der Waals surface area contributed by atoms with Crippen LogP contribution in [0, 0.1) is 5.82 Å². The molecule has 1 N–H and O–H groups in total. The number of aromatic nitrogens is 1. The van der Waals surface area contributed by atoms with E-state index in [-0.39, 0.29) is 11.7 Å². The van der Waals surface area contributed by atoms with Crippen molar-refractivity contribution in [1.29, 1.82) is 0 Å². The van der Waals surface area contributed by atoms with Gasteiger partial charge in [-0.15, -0.1) is 0 Å². The number of benzene rings is 1. The second kappa shape index (κ2) is 7.19. The molecule has 0 atom stereocenters. The first-order valence-electron chi connectivity index (χ1n) is 6.34. The van der Waals surface area contributed by atoms with Gasteiger partial charge in [-0.3, -0.25) is 9.78 Å². The SMILES string of the molecule is O=C(/C=C/c1ccc(F)cc1)NCCc1ccncc1. The Bertz CT molecular complexity index is 579. The lowest BCUT2D eigenvalue weighted by atomic mass is 10.2. The van der Waals surface area contributed by atoms with Gasteiger partial charge in [0.05, 0.1) is 0 Å². The summed E-state index contributed by atoms with van der Waals surface area (Å²) < 4.78 is 12.7. The van der Waals surface area contributed by atoms with E-state index in [1.54, 1.807) is 30.6 Å². The zero-order valence-corrected chi connectivity index (χ0v) is 10.9. The molecular formula is C16H15FN2O. The fourth-order valence-electron chi connectivity index (χ4n) is 1.68. The van der Waals surface area contributed by atoms with E-state index in [1.807, 2.05) is 12.1 Å². The summed E-state index contributed by atoms with van der Waals surface area (Å²) in [5.41, 5.74) is 1.92. The van der Waals surface area contributed by atoms with Crippen LogP contribution in [0.4, 0.5) is 4.39 Å². The summed E-state index contributed by atoms with van der Waals surface area (Å²) in [6.45, 7) is 0.566. The van der Waals surface area contributed by atoms with Gasteiger partial charge >= 0.3 is 0 Å². The van der Waals surface area contributed by atoms with E-state index in [0.29, 0.717) is 6.54 Å². The normalized spacial score (nSPS) is 10.7. The molecule has 0 spiro atoms. The fourth-order valence-corrected chi connectivity index (χ4v) is 1.68. The Morgan fingerprint density at radius 2 is 1.85 bits per heavy atom. The van der Waals surface area contributed by atoms with Crippen molar-refractivity contribution in [2.75, 3.05) is 6.54 Å². The van der Waals surface area contributed by atoms with Crippen molar-refractivity contribution in [3.05, 3.63) is 71.8 Å². The van der Waals surface area contributed by atoms with Gasteiger partial charge in [-0.1, -0.05) is 12.1 Å². The van der Waals surface area contributed by atoms with Crippen molar-refractivity contribution in [3.63, 3.8) is 0 Å². The predicted molar refractivity (Wildman–Crippen MR) is 76.4 cm³/mol. The second-order valence-electron chi connectivity index (χ2n) is 4.28. The van der Waals surface area contributed by atoms with Crippen molar-refractivity contribution in [2.24, 2.45) is 0 Å². The van der Waals surface area contributed by atoms with Gasteiger partial charge in [0.15, 0.2) is 0 Å².